The van der Waals surface area contributed by atoms with Crippen LogP contribution in [0.3, 0.4) is 0 Å². The molecular formula is C15H22N2O. The second-order valence-electron chi connectivity index (χ2n) is 5.42. The van der Waals surface area contributed by atoms with Crippen LogP contribution in [0.5, 0.6) is 0 Å². The normalized spacial score (nSPS) is 19.6. The summed E-state index contributed by atoms with van der Waals surface area (Å²) in [4.78, 5) is 15.5. The smallest absolute Gasteiger partial charge is 0.150 e. The van der Waals surface area contributed by atoms with E-state index in [9.17, 15) is 4.79 Å². The molecule has 3 heteroatoms. The zero-order valence-corrected chi connectivity index (χ0v) is 11.5. The Morgan fingerprint density at radius 1 is 1.44 bits per heavy atom. The highest BCUT2D eigenvalue weighted by atomic mass is 16.1. The molecule has 0 bridgehead atoms. The average molecular weight is 246 g/mol. The fourth-order valence-electron chi connectivity index (χ4n) is 2.84. The van der Waals surface area contributed by atoms with Gasteiger partial charge in [-0.05, 0) is 57.6 Å². The van der Waals surface area contributed by atoms with E-state index < -0.39 is 0 Å². The van der Waals surface area contributed by atoms with Gasteiger partial charge in [-0.3, -0.25) is 4.79 Å². The summed E-state index contributed by atoms with van der Waals surface area (Å²) >= 11 is 0. The second-order valence-corrected chi connectivity index (χ2v) is 5.42. The molecule has 0 amide bonds. The highest BCUT2D eigenvalue weighted by molar-refractivity contribution is 5.77. The first-order chi connectivity index (χ1) is 8.61. The highest BCUT2D eigenvalue weighted by Gasteiger charge is 2.25. The predicted molar refractivity (Wildman–Crippen MR) is 75.5 cm³/mol. The molecule has 0 spiro atoms. The lowest BCUT2D eigenvalue weighted by Gasteiger charge is -2.30. The van der Waals surface area contributed by atoms with Gasteiger partial charge in [-0.1, -0.05) is 0 Å². The van der Waals surface area contributed by atoms with E-state index in [0.717, 1.165) is 24.9 Å². The molecule has 98 valence electrons. The number of carbonyl (C=O) groups excluding carboxylic acids is 1. The average Bonchev–Trinajstić information content (AvgIpc) is 2.76. The fourth-order valence-corrected chi connectivity index (χ4v) is 2.84. The van der Waals surface area contributed by atoms with Crippen LogP contribution in [0.4, 0.5) is 5.69 Å². The summed E-state index contributed by atoms with van der Waals surface area (Å²) in [5.41, 5.74) is 3.25. The Hall–Kier alpha value is -1.35. The summed E-state index contributed by atoms with van der Waals surface area (Å²) in [6, 6.07) is 6.58. The maximum absolute atomic E-state index is 10.8. The van der Waals surface area contributed by atoms with E-state index in [2.05, 4.69) is 36.9 Å². The predicted octanol–water partition coefficient (Wildman–Crippen LogP) is 2.34. The van der Waals surface area contributed by atoms with Gasteiger partial charge in [0.15, 0.2) is 0 Å². The van der Waals surface area contributed by atoms with Crippen molar-refractivity contribution < 1.29 is 4.79 Å². The first-order valence-corrected chi connectivity index (χ1v) is 6.59. The minimum atomic E-state index is 0.598. The topological polar surface area (TPSA) is 23.6 Å². The molecule has 1 aliphatic rings. The first-order valence-electron chi connectivity index (χ1n) is 6.59. The molecular weight excluding hydrogens is 224 g/mol. The van der Waals surface area contributed by atoms with E-state index in [1.165, 1.54) is 24.1 Å². The van der Waals surface area contributed by atoms with Crippen molar-refractivity contribution in [3.8, 4) is 0 Å². The molecule has 18 heavy (non-hydrogen) atoms. The number of carbonyl (C=O) groups is 1. The van der Waals surface area contributed by atoms with Gasteiger partial charge in [-0.2, -0.15) is 0 Å². The molecule has 1 saturated heterocycles. The lowest BCUT2D eigenvalue weighted by molar-refractivity contribution is 0.112. The van der Waals surface area contributed by atoms with Crippen molar-refractivity contribution in [2.75, 3.05) is 32.1 Å². The zero-order chi connectivity index (χ0) is 13.1. The molecule has 0 radical (unpaired) electrons. The summed E-state index contributed by atoms with van der Waals surface area (Å²) < 4.78 is 0. The summed E-state index contributed by atoms with van der Waals surface area (Å²) in [5.74, 6) is 0. The Morgan fingerprint density at radius 3 is 2.83 bits per heavy atom. The molecule has 3 nitrogen and oxygen atoms in total. The summed E-state index contributed by atoms with van der Waals surface area (Å²) in [6.45, 7) is 4.31. The van der Waals surface area contributed by atoms with Gasteiger partial charge < -0.3 is 9.80 Å². The minimum absolute atomic E-state index is 0.598. The number of likely N-dealkylation sites (N-methyl/N-ethyl adjacent to an activating group) is 1. The molecule has 0 aromatic heterocycles. The van der Waals surface area contributed by atoms with E-state index in [0.29, 0.717) is 6.04 Å². The van der Waals surface area contributed by atoms with Crippen LogP contribution in [0, 0.1) is 6.92 Å². The maximum Gasteiger partial charge on any atom is 0.150 e. The van der Waals surface area contributed by atoms with E-state index >= 15 is 0 Å². The van der Waals surface area contributed by atoms with Crippen LogP contribution in [0.1, 0.15) is 28.8 Å². The highest BCUT2D eigenvalue weighted by Crippen LogP contribution is 2.29. The first kappa shape index (κ1) is 13.1. The second kappa shape index (κ2) is 5.53. The van der Waals surface area contributed by atoms with Crippen LogP contribution in [-0.4, -0.2) is 44.4 Å². The molecule has 1 heterocycles. The third-order valence-electron chi connectivity index (χ3n) is 3.62. The molecule has 0 aliphatic carbocycles. The Balaban J connectivity index is 2.22. The quantitative estimate of drug-likeness (QED) is 0.762. The van der Waals surface area contributed by atoms with Gasteiger partial charge in [-0.25, -0.2) is 0 Å². The van der Waals surface area contributed by atoms with Gasteiger partial charge >= 0.3 is 0 Å². The molecule has 1 aliphatic heterocycles. The van der Waals surface area contributed by atoms with Crippen molar-refractivity contribution in [3.05, 3.63) is 29.3 Å². The lowest BCUT2D eigenvalue weighted by Crippen LogP contribution is -2.37. The molecule has 1 atom stereocenters. The van der Waals surface area contributed by atoms with Crippen LogP contribution >= 0.6 is 0 Å². The van der Waals surface area contributed by atoms with Crippen molar-refractivity contribution in [2.24, 2.45) is 0 Å². The Labute approximate surface area is 109 Å². The van der Waals surface area contributed by atoms with Crippen LogP contribution in [0.15, 0.2) is 18.2 Å². The van der Waals surface area contributed by atoms with Crippen LogP contribution in [0.25, 0.3) is 0 Å². The van der Waals surface area contributed by atoms with Gasteiger partial charge in [-0.15, -0.1) is 0 Å². The SMILES string of the molecule is Cc1cc(C=O)ccc1N1CCCC1CN(C)C. The van der Waals surface area contributed by atoms with Crippen molar-refractivity contribution in [1.29, 1.82) is 0 Å². The van der Waals surface area contributed by atoms with Gasteiger partial charge in [0, 0.05) is 30.4 Å². The number of aryl methyl sites for hydroxylation is 1. The fraction of sp³-hybridized carbons (Fsp3) is 0.533. The monoisotopic (exact) mass is 246 g/mol. The van der Waals surface area contributed by atoms with Crippen LogP contribution in [-0.2, 0) is 0 Å². The van der Waals surface area contributed by atoms with Gasteiger partial charge in [0.25, 0.3) is 0 Å². The largest absolute Gasteiger partial charge is 0.367 e. The number of rotatable bonds is 4. The third kappa shape index (κ3) is 2.72. The number of benzene rings is 1. The summed E-state index contributed by atoms with van der Waals surface area (Å²) in [6.07, 6.45) is 3.43. The Bertz CT molecular complexity index is 429. The van der Waals surface area contributed by atoms with Crippen LogP contribution < -0.4 is 4.90 Å². The van der Waals surface area contributed by atoms with E-state index in [-0.39, 0.29) is 0 Å². The molecule has 1 unspecified atom stereocenters. The van der Waals surface area contributed by atoms with Crippen LogP contribution in [0.2, 0.25) is 0 Å². The third-order valence-corrected chi connectivity index (χ3v) is 3.62. The molecule has 0 saturated carbocycles. The number of aldehydes is 1. The van der Waals surface area contributed by atoms with Gasteiger partial charge in [0.2, 0.25) is 0 Å². The number of hydrogen-bond donors (Lipinski definition) is 0. The maximum atomic E-state index is 10.8. The van der Waals surface area contributed by atoms with Crippen molar-refractivity contribution in [1.82, 2.24) is 4.90 Å². The zero-order valence-electron chi connectivity index (χ0n) is 11.5. The minimum Gasteiger partial charge on any atom is -0.367 e. The summed E-state index contributed by atoms with van der Waals surface area (Å²) in [5, 5.41) is 0. The van der Waals surface area contributed by atoms with Gasteiger partial charge in [0.05, 0.1) is 0 Å². The van der Waals surface area contributed by atoms with E-state index in [1.807, 2.05) is 12.1 Å². The van der Waals surface area contributed by atoms with Crippen molar-refractivity contribution in [2.45, 2.75) is 25.8 Å². The lowest BCUT2D eigenvalue weighted by atomic mass is 10.1. The number of anilines is 1. The Morgan fingerprint density at radius 2 is 2.22 bits per heavy atom. The number of hydrogen-bond acceptors (Lipinski definition) is 3. The Kier molecular flexibility index (Phi) is 4.02. The molecule has 1 aromatic rings. The standard InChI is InChI=1S/C15H22N2O/c1-12-9-13(11-18)6-7-15(12)17-8-4-5-14(17)10-16(2)3/h6-7,9,11,14H,4-5,8,10H2,1-3H3. The molecule has 0 N–H and O–H groups in total. The molecule has 1 aromatic carbocycles. The van der Waals surface area contributed by atoms with Crippen molar-refractivity contribution >= 4 is 12.0 Å². The van der Waals surface area contributed by atoms with Gasteiger partial charge in [0.1, 0.15) is 6.29 Å². The number of nitrogens with zero attached hydrogens (tertiary/aromatic N) is 2. The van der Waals surface area contributed by atoms with E-state index in [1.54, 1.807) is 0 Å². The van der Waals surface area contributed by atoms with E-state index in [4.69, 9.17) is 0 Å². The molecule has 1 fully saturated rings. The van der Waals surface area contributed by atoms with Crippen molar-refractivity contribution in [3.63, 3.8) is 0 Å². The summed E-state index contributed by atoms with van der Waals surface area (Å²) in [7, 11) is 4.25. The molecule has 2 rings (SSSR count).